The topological polar surface area (TPSA) is 58.2 Å². The minimum atomic E-state index is -0.0530. The van der Waals surface area contributed by atoms with Gasteiger partial charge in [0.05, 0.1) is 12.5 Å². The Balaban J connectivity index is 1.68. The van der Waals surface area contributed by atoms with E-state index < -0.39 is 0 Å². The molecule has 2 aromatic heterocycles. The number of pyridine rings is 1. The molecule has 0 aromatic carbocycles. The summed E-state index contributed by atoms with van der Waals surface area (Å²) in [6, 6.07) is 4.04. The number of likely N-dealkylation sites (tertiary alicyclic amines) is 1. The lowest BCUT2D eigenvalue weighted by molar-refractivity contribution is -0.150. The number of nitrogens with one attached hydrogen (secondary N) is 1. The first-order chi connectivity index (χ1) is 10.3. The summed E-state index contributed by atoms with van der Waals surface area (Å²) in [6.07, 6.45) is 5.79. The van der Waals surface area contributed by atoms with Gasteiger partial charge in [0.1, 0.15) is 5.65 Å². The van der Waals surface area contributed by atoms with Gasteiger partial charge in [-0.1, -0.05) is 0 Å². The molecule has 1 fully saturated rings. The number of fused-ring (bicyclic) bond motifs is 1. The first kappa shape index (κ1) is 14.1. The Kier molecular flexibility index (Phi) is 4.20. The fraction of sp³-hybridized carbons (Fsp3) is 0.500. The second-order valence-electron chi connectivity index (χ2n) is 5.54. The van der Waals surface area contributed by atoms with Crippen molar-refractivity contribution in [1.29, 1.82) is 0 Å². The molecule has 0 aliphatic carbocycles. The summed E-state index contributed by atoms with van der Waals surface area (Å²) in [4.78, 5) is 21.7. The molecule has 1 aliphatic rings. The van der Waals surface area contributed by atoms with Crippen molar-refractivity contribution in [3.05, 3.63) is 30.1 Å². The number of carbonyl (C=O) groups excluding carboxylic acids is 1. The summed E-state index contributed by atoms with van der Waals surface area (Å²) in [5.41, 5.74) is 2.16. The minimum absolute atomic E-state index is 0.0158. The van der Waals surface area contributed by atoms with E-state index in [-0.39, 0.29) is 11.9 Å². The first-order valence-electron chi connectivity index (χ1n) is 7.58. The van der Waals surface area contributed by atoms with Gasteiger partial charge in [-0.05, 0) is 44.0 Å². The first-order valence-corrected chi connectivity index (χ1v) is 7.58. The zero-order chi connectivity index (χ0) is 14.7. The van der Waals surface area contributed by atoms with Crippen molar-refractivity contribution in [1.82, 2.24) is 14.9 Å². The second kappa shape index (κ2) is 6.26. The van der Waals surface area contributed by atoms with Gasteiger partial charge in [-0.3, -0.25) is 9.69 Å². The smallest absolute Gasteiger partial charge is 0.310 e. The maximum atomic E-state index is 11.9. The quantitative estimate of drug-likeness (QED) is 0.877. The standard InChI is InChI=1S/C16H21N3O2/c1-2-21-16(20)12-5-4-8-19(10-12)11-13-9-18-15-14(13)6-3-7-17-15/h3,6-7,9,12H,2,4-5,8,10-11H2,1H3,(H,17,18). The van der Waals surface area contributed by atoms with Crippen LogP contribution in [0.2, 0.25) is 0 Å². The van der Waals surface area contributed by atoms with Gasteiger partial charge >= 0.3 is 5.97 Å². The molecular weight excluding hydrogens is 266 g/mol. The number of carbonyl (C=O) groups is 1. The molecule has 0 amide bonds. The Morgan fingerprint density at radius 1 is 1.57 bits per heavy atom. The lowest BCUT2D eigenvalue weighted by Gasteiger charge is -2.31. The monoisotopic (exact) mass is 287 g/mol. The molecule has 1 atom stereocenters. The highest BCUT2D eigenvalue weighted by Crippen LogP contribution is 2.22. The number of rotatable bonds is 4. The number of H-pyrrole nitrogens is 1. The van der Waals surface area contributed by atoms with E-state index in [9.17, 15) is 4.79 Å². The van der Waals surface area contributed by atoms with E-state index in [1.165, 1.54) is 5.56 Å². The molecule has 1 unspecified atom stereocenters. The molecule has 0 bridgehead atoms. The van der Waals surface area contributed by atoms with Crippen molar-refractivity contribution in [2.45, 2.75) is 26.3 Å². The molecule has 3 rings (SSSR count). The Bertz CT molecular complexity index is 623. The predicted octanol–water partition coefficient (Wildman–Crippen LogP) is 2.34. The van der Waals surface area contributed by atoms with Crippen LogP contribution in [0.15, 0.2) is 24.5 Å². The van der Waals surface area contributed by atoms with Gasteiger partial charge in [0.25, 0.3) is 0 Å². The van der Waals surface area contributed by atoms with Gasteiger partial charge in [0.2, 0.25) is 0 Å². The summed E-state index contributed by atoms with van der Waals surface area (Å²) in [5.74, 6) is -0.0372. The number of aromatic amines is 1. The Hall–Kier alpha value is -1.88. The van der Waals surface area contributed by atoms with E-state index in [1.807, 2.05) is 19.2 Å². The Labute approximate surface area is 124 Å². The average Bonchev–Trinajstić information content (AvgIpc) is 2.91. The van der Waals surface area contributed by atoms with Crippen LogP contribution in [0.3, 0.4) is 0 Å². The Morgan fingerprint density at radius 3 is 3.33 bits per heavy atom. The molecule has 1 aliphatic heterocycles. The fourth-order valence-electron chi connectivity index (χ4n) is 3.04. The van der Waals surface area contributed by atoms with Crippen LogP contribution in [0.25, 0.3) is 11.0 Å². The molecule has 3 heterocycles. The Morgan fingerprint density at radius 2 is 2.48 bits per heavy atom. The maximum absolute atomic E-state index is 11.9. The van der Waals surface area contributed by atoms with E-state index >= 15 is 0 Å². The van der Waals surface area contributed by atoms with Gasteiger partial charge in [-0.15, -0.1) is 0 Å². The lowest BCUT2D eigenvalue weighted by atomic mass is 9.98. The number of piperidine rings is 1. The van der Waals surface area contributed by atoms with Crippen LogP contribution in [-0.4, -0.2) is 40.5 Å². The van der Waals surface area contributed by atoms with Gasteiger partial charge in [-0.25, -0.2) is 4.98 Å². The summed E-state index contributed by atoms with van der Waals surface area (Å²) in [7, 11) is 0. The molecule has 21 heavy (non-hydrogen) atoms. The van der Waals surface area contributed by atoms with Crippen LogP contribution in [0.1, 0.15) is 25.3 Å². The molecule has 0 spiro atoms. The van der Waals surface area contributed by atoms with Crippen LogP contribution in [0.4, 0.5) is 0 Å². The summed E-state index contributed by atoms with van der Waals surface area (Å²) >= 11 is 0. The molecule has 0 radical (unpaired) electrons. The maximum Gasteiger partial charge on any atom is 0.310 e. The fourth-order valence-corrected chi connectivity index (χ4v) is 3.04. The summed E-state index contributed by atoms with van der Waals surface area (Å²) in [5, 5.41) is 1.16. The summed E-state index contributed by atoms with van der Waals surface area (Å²) in [6.45, 7) is 4.98. The van der Waals surface area contributed by atoms with Crippen molar-refractivity contribution in [2.24, 2.45) is 5.92 Å². The van der Waals surface area contributed by atoms with Crippen molar-refractivity contribution < 1.29 is 9.53 Å². The average molecular weight is 287 g/mol. The highest BCUT2D eigenvalue weighted by atomic mass is 16.5. The molecule has 1 saturated heterocycles. The molecular formula is C16H21N3O2. The van der Waals surface area contributed by atoms with E-state index in [2.05, 4.69) is 20.9 Å². The highest BCUT2D eigenvalue weighted by molar-refractivity contribution is 5.79. The second-order valence-corrected chi connectivity index (χ2v) is 5.54. The molecule has 5 heteroatoms. The third-order valence-corrected chi connectivity index (χ3v) is 4.06. The van der Waals surface area contributed by atoms with Gasteiger partial charge in [0.15, 0.2) is 0 Å². The number of nitrogens with zero attached hydrogens (tertiary/aromatic N) is 2. The van der Waals surface area contributed by atoms with Crippen LogP contribution < -0.4 is 0 Å². The van der Waals surface area contributed by atoms with Crippen molar-refractivity contribution in [2.75, 3.05) is 19.7 Å². The molecule has 2 aromatic rings. The number of esters is 1. The van der Waals surface area contributed by atoms with E-state index in [4.69, 9.17) is 4.74 Å². The summed E-state index contributed by atoms with van der Waals surface area (Å²) < 4.78 is 5.15. The van der Waals surface area contributed by atoms with Crippen LogP contribution >= 0.6 is 0 Å². The van der Waals surface area contributed by atoms with E-state index in [0.29, 0.717) is 6.61 Å². The zero-order valence-corrected chi connectivity index (χ0v) is 12.3. The van der Waals surface area contributed by atoms with Crippen molar-refractivity contribution in [3.63, 3.8) is 0 Å². The molecule has 0 saturated carbocycles. The van der Waals surface area contributed by atoms with Gasteiger partial charge < -0.3 is 9.72 Å². The molecule has 5 nitrogen and oxygen atoms in total. The van der Waals surface area contributed by atoms with Crippen LogP contribution in [0.5, 0.6) is 0 Å². The number of hydrogen-bond acceptors (Lipinski definition) is 4. The number of aromatic nitrogens is 2. The van der Waals surface area contributed by atoms with Gasteiger partial charge in [0, 0.05) is 30.9 Å². The van der Waals surface area contributed by atoms with E-state index in [1.54, 1.807) is 6.20 Å². The third-order valence-electron chi connectivity index (χ3n) is 4.06. The number of ether oxygens (including phenoxy) is 1. The normalized spacial score (nSPS) is 19.8. The number of hydrogen-bond donors (Lipinski definition) is 1. The van der Waals surface area contributed by atoms with Crippen LogP contribution in [0, 0.1) is 5.92 Å². The van der Waals surface area contributed by atoms with Crippen molar-refractivity contribution in [3.8, 4) is 0 Å². The van der Waals surface area contributed by atoms with Crippen molar-refractivity contribution >= 4 is 17.0 Å². The lowest BCUT2D eigenvalue weighted by Crippen LogP contribution is -2.38. The highest BCUT2D eigenvalue weighted by Gasteiger charge is 2.27. The SMILES string of the molecule is CCOC(=O)C1CCCN(Cc2c[nH]c3ncccc23)C1. The largest absolute Gasteiger partial charge is 0.466 e. The van der Waals surface area contributed by atoms with E-state index in [0.717, 1.165) is 43.5 Å². The molecule has 112 valence electrons. The minimum Gasteiger partial charge on any atom is -0.466 e. The van der Waals surface area contributed by atoms with Gasteiger partial charge in [-0.2, -0.15) is 0 Å². The predicted molar refractivity (Wildman–Crippen MR) is 80.7 cm³/mol. The zero-order valence-electron chi connectivity index (χ0n) is 12.3. The molecule has 1 N–H and O–H groups in total. The third kappa shape index (κ3) is 3.08. The van der Waals surface area contributed by atoms with Crippen LogP contribution in [-0.2, 0) is 16.1 Å².